The normalized spacial score (nSPS) is 15.3. The Hall–Kier alpha value is -0.860. The first-order chi connectivity index (χ1) is 9.83. The van der Waals surface area contributed by atoms with Gasteiger partial charge in [-0.25, -0.2) is 0 Å². The minimum atomic E-state index is 0.543. The zero-order chi connectivity index (χ0) is 14.2. The summed E-state index contributed by atoms with van der Waals surface area (Å²) in [5.41, 5.74) is 4.64. The Morgan fingerprint density at radius 1 is 1.20 bits per heavy atom. The Morgan fingerprint density at radius 2 is 2.05 bits per heavy atom. The predicted octanol–water partition coefficient (Wildman–Crippen LogP) is 3.51. The number of rotatable bonds is 9. The number of nitrogens with one attached hydrogen (secondary N) is 1. The Balaban J connectivity index is 1.91. The molecular formula is C18H29NO. The smallest absolute Gasteiger partial charge is 0.0480 e. The van der Waals surface area contributed by atoms with Gasteiger partial charge < -0.3 is 10.1 Å². The van der Waals surface area contributed by atoms with E-state index in [1.807, 2.05) is 0 Å². The molecule has 0 fully saturated rings. The standard InChI is InChI=1S/C18H29NO/c1-3-11-19-18(10-12-20-4-2)14-15-8-9-16-6-5-7-17(16)13-15/h8-9,13,18-19H,3-7,10-12,14H2,1-2H3. The molecule has 0 aliphatic heterocycles. The lowest BCUT2D eigenvalue weighted by atomic mass is 9.99. The van der Waals surface area contributed by atoms with Gasteiger partial charge in [-0.3, -0.25) is 0 Å². The van der Waals surface area contributed by atoms with Crippen molar-refractivity contribution in [3.05, 3.63) is 34.9 Å². The maximum Gasteiger partial charge on any atom is 0.0480 e. The van der Waals surface area contributed by atoms with Crippen LogP contribution in [0.25, 0.3) is 0 Å². The summed E-state index contributed by atoms with van der Waals surface area (Å²) in [6, 6.07) is 7.65. The number of hydrogen-bond donors (Lipinski definition) is 1. The predicted molar refractivity (Wildman–Crippen MR) is 85.4 cm³/mol. The van der Waals surface area contributed by atoms with Crippen molar-refractivity contribution in [3.8, 4) is 0 Å². The molecule has 0 bridgehead atoms. The van der Waals surface area contributed by atoms with Crippen LogP contribution >= 0.6 is 0 Å². The largest absolute Gasteiger partial charge is 0.382 e. The Morgan fingerprint density at radius 3 is 2.85 bits per heavy atom. The minimum absolute atomic E-state index is 0.543. The molecule has 0 saturated heterocycles. The third-order valence-electron chi connectivity index (χ3n) is 4.14. The highest BCUT2D eigenvalue weighted by molar-refractivity contribution is 5.35. The molecule has 0 spiro atoms. The van der Waals surface area contributed by atoms with Gasteiger partial charge in [-0.15, -0.1) is 0 Å². The van der Waals surface area contributed by atoms with Gasteiger partial charge in [0.15, 0.2) is 0 Å². The number of hydrogen-bond acceptors (Lipinski definition) is 2. The fourth-order valence-electron chi connectivity index (χ4n) is 3.03. The van der Waals surface area contributed by atoms with E-state index in [-0.39, 0.29) is 0 Å². The van der Waals surface area contributed by atoms with Gasteiger partial charge in [0.1, 0.15) is 0 Å². The summed E-state index contributed by atoms with van der Waals surface area (Å²) >= 11 is 0. The van der Waals surface area contributed by atoms with E-state index in [1.165, 1.54) is 31.2 Å². The van der Waals surface area contributed by atoms with E-state index in [0.29, 0.717) is 6.04 Å². The molecule has 2 heteroatoms. The van der Waals surface area contributed by atoms with Crippen molar-refractivity contribution in [2.24, 2.45) is 0 Å². The van der Waals surface area contributed by atoms with Crippen molar-refractivity contribution in [1.29, 1.82) is 0 Å². The molecule has 0 heterocycles. The lowest BCUT2D eigenvalue weighted by Crippen LogP contribution is -2.33. The maximum atomic E-state index is 5.52. The van der Waals surface area contributed by atoms with E-state index in [9.17, 15) is 0 Å². The van der Waals surface area contributed by atoms with Gasteiger partial charge in [-0.1, -0.05) is 25.1 Å². The van der Waals surface area contributed by atoms with Crippen molar-refractivity contribution in [2.45, 2.75) is 58.4 Å². The van der Waals surface area contributed by atoms with Crippen molar-refractivity contribution in [3.63, 3.8) is 0 Å². The zero-order valence-electron chi connectivity index (χ0n) is 13.1. The van der Waals surface area contributed by atoms with Crippen LogP contribution in [0.4, 0.5) is 0 Å². The minimum Gasteiger partial charge on any atom is -0.382 e. The molecule has 1 N–H and O–H groups in total. The molecule has 2 nitrogen and oxygen atoms in total. The second kappa shape index (κ2) is 8.43. The van der Waals surface area contributed by atoms with Gasteiger partial charge in [-0.05, 0) is 68.7 Å². The van der Waals surface area contributed by atoms with Gasteiger partial charge in [-0.2, -0.15) is 0 Å². The summed E-state index contributed by atoms with van der Waals surface area (Å²) in [5.74, 6) is 0. The highest BCUT2D eigenvalue weighted by Gasteiger charge is 2.13. The van der Waals surface area contributed by atoms with Gasteiger partial charge in [0.2, 0.25) is 0 Å². The van der Waals surface area contributed by atoms with Crippen LogP contribution < -0.4 is 5.32 Å². The third-order valence-corrected chi connectivity index (χ3v) is 4.14. The molecule has 1 aliphatic rings. The first kappa shape index (κ1) is 15.5. The molecule has 2 rings (SSSR count). The van der Waals surface area contributed by atoms with Crippen LogP contribution in [0.2, 0.25) is 0 Å². The van der Waals surface area contributed by atoms with Crippen LogP contribution in [-0.4, -0.2) is 25.8 Å². The average molecular weight is 275 g/mol. The molecule has 0 saturated carbocycles. The number of ether oxygens (including phenoxy) is 1. The van der Waals surface area contributed by atoms with E-state index < -0.39 is 0 Å². The molecule has 1 atom stereocenters. The molecule has 0 radical (unpaired) electrons. The Labute approximate surface area is 123 Å². The van der Waals surface area contributed by atoms with Crippen LogP contribution in [-0.2, 0) is 24.0 Å². The molecule has 0 amide bonds. The molecule has 1 aromatic rings. The summed E-state index contributed by atoms with van der Waals surface area (Å²) in [5, 5.41) is 3.66. The Bertz CT molecular complexity index is 402. The van der Waals surface area contributed by atoms with Gasteiger partial charge >= 0.3 is 0 Å². The molecular weight excluding hydrogens is 246 g/mol. The van der Waals surface area contributed by atoms with Crippen molar-refractivity contribution < 1.29 is 4.74 Å². The summed E-state index contributed by atoms with van der Waals surface area (Å²) in [4.78, 5) is 0. The number of fused-ring (bicyclic) bond motifs is 1. The first-order valence-electron chi connectivity index (χ1n) is 8.25. The van der Waals surface area contributed by atoms with E-state index in [1.54, 1.807) is 11.1 Å². The van der Waals surface area contributed by atoms with E-state index in [2.05, 4.69) is 37.4 Å². The second-order valence-electron chi connectivity index (χ2n) is 5.80. The van der Waals surface area contributed by atoms with Gasteiger partial charge in [0, 0.05) is 19.3 Å². The molecule has 20 heavy (non-hydrogen) atoms. The maximum absolute atomic E-state index is 5.52. The van der Waals surface area contributed by atoms with Crippen LogP contribution in [0.5, 0.6) is 0 Å². The number of aryl methyl sites for hydroxylation is 2. The summed E-state index contributed by atoms with van der Waals surface area (Å²) in [7, 11) is 0. The zero-order valence-corrected chi connectivity index (χ0v) is 13.1. The van der Waals surface area contributed by atoms with Crippen molar-refractivity contribution >= 4 is 0 Å². The van der Waals surface area contributed by atoms with Gasteiger partial charge in [0.25, 0.3) is 0 Å². The quantitative estimate of drug-likeness (QED) is 0.696. The van der Waals surface area contributed by atoms with Crippen LogP contribution in [0.15, 0.2) is 18.2 Å². The summed E-state index contributed by atoms with van der Waals surface area (Å²) in [6.07, 6.45) is 7.30. The molecule has 1 aliphatic carbocycles. The fraction of sp³-hybridized carbons (Fsp3) is 0.667. The molecule has 112 valence electrons. The second-order valence-corrected chi connectivity index (χ2v) is 5.80. The van der Waals surface area contributed by atoms with Crippen LogP contribution in [0.1, 0.15) is 49.8 Å². The van der Waals surface area contributed by atoms with E-state index in [0.717, 1.165) is 32.6 Å². The van der Waals surface area contributed by atoms with Gasteiger partial charge in [0.05, 0.1) is 0 Å². The number of benzene rings is 1. The highest BCUT2D eigenvalue weighted by Crippen LogP contribution is 2.23. The lowest BCUT2D eigenvalue weighted by molar-refractivity contribution is 0.136. The highest BCUT2D eigenvalue weighted by atomic mass is 16.5. The summed E-state index contributed by atoms with van der Waals surface area (Å²) in [6.45, 7) is 7.07. The molecule has 1 aromatic carbocycles. The topological polar surface area (TPSA) is 21.3 Å². The average Bonchev–Trinajstić information content (AvgIpc) is 2.92. The van der Waals surface area contributed by atoms with Crippen molar-refractivity contribution in [1.82, 2.24) is 5.32 Å². The third kappa shape index (κ3) is 4.60. The lowest BCUT2D eigenvalue weighted by Gasteiger charge is -2.19. The van der Waals surface area contributed by atoms with E-state index >= 15 is 0 Å². The van der Waals surface area contributed by atoms with E-state index in [4.69, 9.17) is 4.74 Å². The fourth-order valence-corrected chi connectivity index (χ4v) is 3.03. The summed E-state index contributed by atoms with van der Waals surface area (Å²) < 4.78 is 5.52. The van der Waals surface area contributed by atoms with Crippen LogP contribution in [0, 0.1) is 0 Å². The Kier molecular flexibility index (Phi) is 6.55. The van der Waals surface area contributed by atoms with Crippen molar-refractivity contribution in [2.75, 3.05) is 19.8 Å². The SMILES string of the molecule is CCCNC(CCOCC)Cc1ccc2c(c1)CCC2. The molecule has 0 aromatic heterocycles. The monoisotopic (exact) mass is 275 g/mol. The molecule has 1 unspecified atom stereocenters. The van der Waals surface area contributed by atoms with Crippen LogP contribution in [0.3, 0.4) is 0 Å². The first-order valence-corrected chi connectivity index (χ1v) is 8.25.